The molecule has 0 aliphatic heterocycles. The second-order valence-electron chi connectivity index (χ2n) is 4.17. The number of hydrogen-bond donors (Lipinski definition) is 2. The summed E-state index contributed by atoms with van der Waals surface area (Å²) >= 11 is 5.09. The fourth-order valence-corrected chi connectivity index (χ4v) is 2.49. The van der Waals surface area contributed by atoms with Crippen LogP contribution in [0.3, 0.4) is 0 Å². The maximum Gasteiger partial charge on any atom is 0.239 e. The van der Waals surface area contributed by atoms with Crippen molar-refractivity contribution in [2.24, 2.45) is 0 Å². The van der Waals surface area contributed by atoms with Crippen molar-refractivity contribution in [1.29, 1.82) is 0 Å². The second-order valence-corrected chi connectivity index (χ2v) is 6.06. The third-order valence-electron chi connectivity index (χ3n) is 2.65. The van der Waals surface area contributed by atoms with Gasteiger partial charge in [-0.2, -0.15) is 0 Å². The Bertz CT molecular complexity index is 555. The number of carbonyl (C=O) groups is 1. The molecule has 3 nitrogen and oxygen atoms in total. The normalized spacial score (nSPS) is 10.2. The maximum atomic E-state index is 11.7. The number of carbonyl (C=O) groups excluding carboxylic acids is 1. The van der Waals surface area contributed by atoms with E-state index < -0.39 is 0 Å². The zero-order valence-corrected chi connectivity index (χ0v) is 13.0. The molecule has 19 heavy (non-hydrogen) atoms. The van der Waals surface area contributed by atoms with Gasteiger partial charge in [0.1, 0.15) is 0 Å². The number of anilines is 1. The Morgan fingerprint density at radius 3 is 2.89 bits per heavy atom. The van der Waals surface area contributed by atoms with Gasteiger partial charge in [-0.15, -0.1) is 11.3 Å². The second kappa shape index (κ2) is 6.73. The van der Waals surface area contributed by atoms with Gasteiger partial charge in [-0.1, -0.05) is 22.0 Å². The van der Waals surface area contributed by atoms with Gasteiger partial charge in [-0.25, -0.2) is 0 Å². The van der Waals surface area contributed by atoms with Crippen LogP contribution in [0.5, 0.6) is 0 Å². The van der Waals surface area contributed by atoms with Crippen LogP contribution in [0.15, 0.2) is 40.2 Å². The molecule has 0 aliphatic rings. The Balaban J connectivity index is 1.78. The third-order valence-corrected chi connectivity index (χ3v) is 4.42. The molecule has 1 aromatic carbocycles. The molecule has 0 bridgehead atoms. The summed E-state index contributed by atoms with van der Waals surface area (Å²) in [6, 6.07) is 9.92. The number of amides is 1. The summed E-state index contributed by atoms with van der Waals surface area (Å²) < 4.78 is 1.07. The van der Waals surface area contributed by atoms with Crippen molar-refractivity contribution < 1.29 is 4.79 Å². The molecule has 0 radical (unpaired) electrons. The summed E-state index contributed by atoms with van der Waals surface area (Å²) in [5, 5.41) is 8.00. The largest absolute Gasteiger partial charge is 0.376 e. The molecular weight excluding hydrogens is 324 g/mol. The van der Waals surface area contributed by atoms with E-state index in [0.29, 0.717) is 6.54 Å². The fraction of sp³-hybridized carbons (Fsp3) is 0.214. The quantitative estimate of drug-likeness (QED) is 0.875. The molecule has 0 saturated carbocycles. The molecule has 5 heteroatoms. The standard InChI is InChI=1S/C14H15BrN2OS/c1-10-7-11(4-5-13(10)15)16-9-14(18)17-8-12-3-2-6-19-12/h2-7,16H,8-9H2,1H3,(H,17,18). The summed E-state index contributed by atoms with van der Waals surface area (Å²) in [5.74, 6) is -0.00558. The van der Waals surface area contributed by atoms with Crippen LogP contribution in [0.2, 0.25) is 0 Å². The number of rotatable bonds is 5. The van der Waals surface area contributed by atoms with E-state index in [1.807, 2.05) is 42.6 Å². The molecule has 2 N–H and O–H groups in total. The number of aryl methyl sites for hydroxylation is 1. The van der Waals surface area contributed by atoms with Crippen molar-refractivity contribution in [3.63, 3.8) is 0 Å². The monoisotopic (exact) mass is 338 g/mol. The lowest BCUT2D eigenvalue weighted by atomic mass is 10.2. The van der Waals surface area contributed by atoms with Gasteiger partial charge in [0, 0.05) is 15.0 Å². The van der Waals surface area contributed by atoms with Gasteiger partial charge in [0.15, 0.2) is 0 Å². The molecule has 2 aromatic rings. The SMILES string of the molecule is Cc1cc(NCC(=O)NCc2cccs2)ccc1Br. The van der Waals surface area contributed by atoms with Gasteiger partial charge >= 0.3 is 0 Å². The van der Waals surface area contributed by atoms with Crippen LogP contribution in [-0.2, 0) is 11.3 Å². The number of nitrogens with one attached hydrogen (secondary N) is 2. The zero-order chi connectivity index (χ0) is 13.7. The Kier molecular flexibility index (Phi) is 4.99. The van der Waals surface area contributed by atoms with Crippen LogP contribution in [-0.4, -0.2) is 12.5 Å². The Hall–Kier alpha value is -1.33. The molecular formula is C14H15BrN2OS. The van der Waals surface area contributed by atoms with Crippen molar-refractivity contribution in [1.82, 2.24) is 5.32 Å². The predicted molar refractivity (Wildman–Crippen MR) is 83.5 cm³/mol. The summed E-state index contributed by atoms with van der Waals surface area (Å²) in [6.45, 7) is 2.90. The first-order chi connectivity index (χ1) is 9.15. The van der Waals surface area contributed by atoms with Crippen LogP contribution in [0, 0.1) is 6.92 Å². The van der Waals surface area contributed by atoms with E-state index in [1.54, 1.807) is 11.3 Å². The average molecular weight is 339 g/mol. The summed E-state index contributed by atoms with van der Waals surface area (Å²) in [5.41, 5.74) is 2.09. The van der Waals surface area contributed by atoms with Crippen LogP contribution < -0.4 is 10.6 Å². The summed E-state index contributed by atoms with van der Waals surface area (Å²) in [4.78, 5) is 12.8. The first kappa shape index (κ1) is 14.1. The lowest BCUT2D eigenvalue weighted by molar-refractivity contribution is -0.119. The highest BCUT2D eigenvalue weighted by Gasteiger charge is 2.02. The first-order valence-electron chi connectivity index (χ1n) is 5.94. The minimum Gasteiger partial charge on any atom is -0.376 e. The van der Waals surface area contributed by atoms with Gasteiger partial charge in [0.2, 0.25) is 5.91 Å². The van der Waals surface area contributed by atoms with Crippen molar-refractivity contribution in [3.05, 3.63) is 50.6 Å². The summed E-state index contributed by atoms with van der Waals surface area (Å²) in [7, 11) is 0. The van der Waals surface area contributed by atoms with Crippen molar-refractivity contribution >= 4 is 38.9 Å². The molecule has 0 aliphatic carbocycles. The lowest BCUT2D eigenvalue weighted by Crippen LogP contribution is -2.29. The van der Waals surface area contributed by atoms with E-state index >= 15 is 0 Å². The summed E-state index contributed by atoms with van der Waals surface area (Å²) in [6.07, 6.45) is 0. The van der Waals surface area contributed by atoms with Gasteiger partial charge in [0.05, 0.1) is 13.1 Å². The number of hydrogen-bond acceptors (Lipinski definition) is 3. The van der Waals surface area contributed by atoms with Gasteiger partial charge in [-0.05, 0) is 42.1 Å². The maximum absolute atomic E-state index is 11.7. The van der Waals surface area contributed by atoms with Crippen molar-refractivity contribution in [2.75, 3.05) is 11.9 Å². The molecule has 100 valence electrons. The Morgan fingerprint density at radius 1 is 1.37 bits per heavy atom. The van der Waals surface area contributed by atoms with Crippen molar-refractivity contribution in [2.45, 2.75) is 13.5 Å². The third kappa shape index (κ3) is 4.36. The molecule has 1 amide bonds. The molecule has 0 fully saturated rings. The van der Waals surface area contributed by atoms with Gasteiger partial charge in [0.25, 0.3) is 0 Å². The van der Waals surface area contributed by atoms with Gasteiger partial charge < -0.3 is 10.6 Å². The molecule has 0 spiro atoms. The number of benzene rings is 1. The minimum absolute atomic E-state index is 0.00558. The molecule has 0 saturated heterocycles. The van der Waals surface area contributed by atoms with E-state index in [4.69, 9.17) is 0 Å². The highest BCUT2D eigenvalue weighted by molar-refractivity contribution is 9.10. The highest BCUT2D eigenvalue weighted by Crippen LogP contribution is 2.19. The van der Waals surface area contributed by atoms with E-state index in [9.17, 15) is 4.79 Å². The minimum atomic E-state index is -0.00558. The van der Waals surface area contributed by atoms with Crippen molar-refractivity contribution in [3.8, 4) is 0 Å². The molecule has 1 heterocycles. The zero-order valence-electron chi connectivity index (χ0n) is 10.6. The van der Waals surface area contributed by atoms with Gasteiger partial charge in [-0.3, -0.25) is 4.79 Å². The predicted octanol–water partition coefficient (Wildman–Crippen LogP) is 3.55. The van der Waals surface area contributed by atoms with Crippen LogP contribution in [0.4, 0.5) is 5.69 Å². The lowest BCUT2D eigenvalue weighted by Gasteiger charge is -2.08. The molecule has 0 unspecified atom stereocenters. The van der Waals surface area contributed by atoms with Crippen LogP contribution in [0.1, 0.15) is 10.4 Å². The fourth-order valence-electron chi connectivity index (χ4n) is 1.60. The Morgan fingerprint density at radius 2 is 2.21 bits per heavy atom. The highest BCUT2D eigenvalue weighted by atomic mass is 79.9. The number of halogens is 1. The first-order valence-corrected chi connectivity index (χ1v) is 7.61. The van der Waals surface area contributed by atoms with E-state index in [-0.39, 0.29) is 12.5 Å². The smallest absolute Gasteiger partial charge is 0.239 e. The van der Waals surface area contributed by atoms with Crippen LogP contribution in [0.25, 0.3) is 0 Å². The van der Waals surface area contributed by atoms with E-state index in [2.05, 4.69) is 26.6 Å². The molecule has 0 atom stereocenters. The molecule has 2 rings (SSSR count). The average Bonchev–Trinajstić information content (AvgIpc) is 2.91. The Labute approximate surface area is 125 Å². The molecule has 1 aromatic heterocycles. The topological polar surface area (TPSA) is 41.1 Å². The van der Waals surface area contributed by atoms with Crippen LogP contribution >= 0.6 is 27.3 Å². The van der Waals surface area contributed by atoms with E-state index in [1.165, 1.54) is 0 Å². The van der Waals surface area contributed by atoms with E-state index in [0.717, 1.165) is 20.6 Å². The number of thiophene rings is 1.